The molecule has 2 rings (SSSR count). The SMILES string of the molecule is Cc1ccc(C(C#N)CN2CCCC2)cc1. The summed E-state index contributed by atoms with van der Waals surface area (Å²) in [5.41, 5.74) is 2.40. The van der Waals surface area contributed by atoms with E-state index >= 15 is 0 Å². The Morgan fingerprint density at radius 1 is 1.25 bits per heavy atom. The van der Waals surface area contributed by atoms with Gasteiger partial charge in [-0.25, -0.2) is 0 Å². The van der Waals surface area contributed by atoms with Gasteiger partial charge in [-0.3, -0.25) is 0 Å². The molecule has 1 atom stereocenters. The average molecular weight is 214 g/mol. The lowest BCUT2D eigenvalue weighted by atomic mass is 9.99. The summed E-state index contributed by atoms with van der Waals surface area (Å²) in [6, 6.07) is 10.8. The monoisotopic (exact) mass is 214 g/mol. The van der Waals surface area contributed by atoms with Crippen molar-refractivity contribution in [3.8, 4) is 6.07 Å². The maximum atomic E-state index is 9.23. The van der Waals surface area contributed by atoms with Crippen LogP contribution in [0.2, 0.25) is 0 Å². The minimum absolute atomic E-state index is 0.0266. The van der Waals surface area contributed by atoms with Gasteiger partial charge in [-0.05, 0) is 38.4 Å². The molecule has 1 aromatic rings. The third kappa shape index (κ3) is 2.62. The lowest BCUT2D eigenvalue weighted by molar-refractivity contribution is 0.332. The van der Waals surface area contributed by atoms with Crippen molar-refractivity contribution in [1.29, 1.82) is 5.26 Å². The van der Waals surface area contributed by atoms with Gasteiger partial charge in [0.15, 0.2) is 0 Å². The van der Waals surface area contributed by atoms with Crippen molar-refractivity contribution < 1.29 is 0 Å². The number of nitriles is 1. The van der Waals surface area contributed by atoms with E-state index in [1.807, 2.05) is 0 Å². The Morgan fingerprint density at radius 2 is 1.88 bits per heavy atom. The van der Waals surface area contributed by atoms with E-state index in [1.165, 1.54) is 18.4 Å². The molecule has 2 heteroatoms. The van der Waals surface area contributed by atoms with E-state index in [0.29, 0.717) is 0 Å². The second-order valence-corrected chi connectivity index (χ2v) is 4.60. The zero-order chi connectivity index (χ0) is 11.4. The highest BCUT2D eigenvalue weighted by atomic mass is 15.1. The minimum atomic E-state index is 0.0266. The summed E-state index contributed by atoms with van der Waals surface area (Å²) in [7, 11) is 0. The molecule has 1 aromatic carbocycles. The number of aryl methyl sites for hydroxylation is 1. The first kappa shape index (κ1) is 11.2. The Kier molecular flexibility index (Phi) is 3.58. The lowest BCUT2D eigenvalue weighted by Gasteiger charge is -2.18. The number of hydrogen-bond donors (Lipinski definition) is 0. The first-order chi connectivity index (χ1) is 7.79. The molecule has 0 saturated carbocycles. The van der Waals surface area contributed by atoms with E-state index in [4.69, 9.17) is 0 Å². The fourth-order valence-corrected chi connectivity index (χ4v) is 2.24. The molecule has 1 aliphatic heterocycles. The van der Waals surface area contributed by atoms with Gasteiger partial charge >= 0.3 is 0 Å². The van der Waals surface area contributed by atoms with Gasteiger partial charge in [-0.2, -0.15) is 5.26 Å². The highest BCUT2D eigenvalue weighted by Gasteiger charge is 2.18. The summed E-state index contributed by atoms with van der Waals surface area (Å²) >= 11 is 0. The fraction of sp³-hybridized carbons (Fsp3) is 0.500. The van der Waals surface area contributed by atoms with Crippen LogP contribution in [0.15, 0.2) is 24.3 Å². The Bertz CT molecular complexity index is 369. The topological polar surface area (TPSA) is 27.0 Å². The zero-order valence-electron chi connectivity index (χ0n) is 9.82. The normalized spacial score (nSPS) is 18.2. The Morgan fingerprint density at radius 3 is 2.44 bits per heavy atom. The molecule has 1 aliphatic rings. The summed E-state index contributed by atoms with van der Waals surface area (Å²) in [6.45, 7) is 5.28. The average Bonchev–Trinajstić information content (AvgIpc) is 2.80. The van der Waals surface area contributed by atoms with Crippen molar-refractivity contribution in [3.05, 3.63) is 35.4 Å². The molecule has 0 radical (unpaired) electrons. The van der Waals surface area contributed by atoms with Crippen LogP contribution in [0.25, 0.3) is 0 Å². The Hall–Kier alpha value is -1.33. The van der Waals surface area contributed by atoms with Crippen LogP contribution in [0.5, 0.6) is 0 Å². The maximum absolute atomic E-state index is 9.23. The zero-order valence-corrected chi connectivity index (χ0v) is 9.82. The predicted octanol–water partition coefficient (Wildman–Crippen LogP) is 2.70. The van der Waals surface area contributed by atoms with E-state index in [1.54, 1.807) is 0 Å². The molecule has 0 aromatic heterocycles. The summed E-state index contributed by atoms with van der Waals surface area (Å²) < 4.78 is 0. The summed E-state index contributed by atoms with van der Waals surface area (Å²) in [4.78, 5) is 2.40. The van der Waals surface area contributed by atoms with Gasteiger partial charge in [0.25, 0.3) is 0 Å². The molecule has 0 spiro atoms. The van der Waals surface area contributed by atoms with Gasteiger partial charge in [0.05, 0.1) is 12.0 Å². The van der Waals surface area contributed by atoms with E-state index < -0.39 is 0 Å². The largest absolute Gasteiger partial charge is 0.302 e. The highest BCUT2D eigenvalue weighted by Crippen LogP contribution is 2.19. The van der Waals surface area contributed by atoms with Crippen LogP contribution < -0.4 is 0 Å². The van der Waals surface area contributed by atoms with Crippen LogP contribution in [0.1, 0.15) is 29.9 Å². The van der Waals surface area contributed by atoms with E-state index in [2.05, 4.69) is 42.2 Å². The molecular weight excluding hydrogens is 196 g/mol. The van der Waals surface area contributed by atoms with Crippen molar-refractivity contribution in [3.63, 3.8) is 0 Å². The molecule has 1 saturated heterocycles. The Balaban J connectivity index is 2.04. The van der Waals surface area contributed by atoms with E-state index in [-0.39, 0.29) is 5.92 Å². The van der Waals surface area contributed by atoms with Crippen molar-refractivity contribution in [2.75, 3.05) is 19.6 Å². The molecule has 0 aliphatic carbocycles. The van der Waals surface area contributed by atoms with Gasteiger partial charge < -0.3 is 4.90 Å². The third-order valence-corrected chi connectivity index (χ3v) is 3.28. The van der Waals surface area contributed by atoms with Crippen LogP contribution in [-0.2, 0) is 0 Å². The molecule has 1 unspecified atom stereocenters. The Labute approximate surface area is 97.5 Å². The number of benzene rings is 1. The molecule has 0 N–H and O–H groups in total. The standard InChI is InChI=1S/C14H18N2/c1-12-4-6-13(7-5-12)14(10-15)11-16-8-2-3-9-16/h4-7,14H,2-3,8-9,11H2,1H3. The first-order valence-corrected chi connectivity index (χ1v) is 5.98. The maximum Gasteiger partial charge on any atom is 0.0839 e. The second kappa shape index (κ2) is 5.14. The van der Waals surface area contributed by atoms with Gasteiger partial charge in [0, 0.05) is 6.54 Å². The van der Waals surface area contributed by atoms with Crippen molar-refractivity contribution in [2.24, 2.45) is 0 Å². The molecule has 0 amide bonds. The van der Waals surface area contributed by atoms with Crippen molar-refractivity contribution in [2.45, 2.75) is 25.7 Å². The van der Waals surface area contributed by atoms with Crippen molar-refractivity contribution in [1.82, 2.24) is 4.90 Å². The van der Waals surface area contributed by atoms with Crippen LogP contribution in [0.3, 0.4) is 0 Å². The molecule has 1 heterocycles. The van der Waals surface area contributed by atoms with E-state index in [9.17, 15) is 5.26 Å². The molecular formula is C14H18N2. The molecule has 1 fully saturated rings. The van der Waals surface area contributed by atoms with Gasteiger partial charge in [0.2, 0.25) is 0 Å². The van der Waals surface area contributed by atoms with Gasteiger partial charge in [0.1, 0.15) is 0 Å². The van der Waals surface area contributed by atoms with Gasteiger partial charge in [-0.15, -0.1) is 0 Å². The van der Waals surface area contributed by atoms with Crippen LogP contribution >= 0.6 is 0 Å². The lowest BCUT2D eigenvalue weighted by Crippen LogP contribution is -2.24. The number of rotatable bonds is 3. The number of hydrogen-bond acceptors (Lipinski definition) is 2. The minimum Gasteiger partial charge on any atom is -0.302 e. The van der Waals surface area contributed by atoms with Crippen molar-refractivity contribution >= 4 is 0 Å². The fourth-order valence-electron chi connectivity index (χ4n) is 2.24. The summed E-state index contributed by atoms with van der Waals surface area (Å²) in [5.74, 6) is 0.0266. The number of likely N-dealkylation sites (tertiary alicyclic amines) is 1. The molecule has 2 nitrogen and oxygen atoms in total. The van der Waals surface area contributed by atoms with Crippen LogP contribution in [0.4, 0.5) is 0 Å². The quantitative estimate of drug-likeness (QED) is 0.773. The van der Waals surface area contributed by atoms with Crippen LogP contribution in [-0.4, -0.2) is 24.5 Å². The smallest absolute Gasteiger partial charge is 0.0839 e. The molecule has 84 valence electrons. The number of nitrogens with zero attached hydrogens (tertiary/aromatic N) is 2. The summed E-state index contributed by atoms with van der Waals surface area (Å²) in [6.07, 6.45) is 2.57. The molecule has 16 heavy (non-hydrogen) atoms. The second-order valence-electron chi connectivity index (χ2n) is 4.60. The van der Waals surface area contributed by atoms with Gasteiger partial charge in [-0.1, -0.05) is 29.8 Å². The molecule has 0 bridgehead atoms. The predicted molar refractivity (Wildman–Crippen MR) is 65.2 cm³/mol. The highest BCUT2D eigenvalue weighted by molar-refractivity contribution is 5.28. The van der Waals surface area contributed by atoms with E-state index in [0.717, 1.165) is 25.2 Å². The van der Waals surface area contributed by atoms with Crippen LogP contribution in [0, 0.1) is 18.3 Å². The summed E-state index contributed by atoms with van der Waals surface area (Å²) in [5, 5.41) is 9.23. The third-order valence-electron chi connectivity index (χ3n) is 3.28. The first-order valence-electron chi connectivity index (χ1n) is 5.98.